The summed E-state index contributed by atoms with van der Waals surface area (Å²) in [7, 11) is 0. The third-order valence-electron chi connectivity index (χ3n) is 3.20. The number of carbonyl (C=O) groups is 1. The summed E-state index contributed by atoms with van der Waals surface area (Å²) in [5, 5.41) is 3.28. The second-order valence-electron chi connectivity index (χ2n) is 5.20. The van der Waals surface area contributed by atoms with Crippen molar-refractivity contribution in [3.8, 4) is 11.4 Å². The zero-order chi connectivity index (χ0) is 17.1. The molecule has 2 heterocycles. The molecule has 0 spiro atoms. The van der Waals surface area contributed by atoms with Crippen molar-refractivity contribution in [2.75, 3.05) is 5.32 Å². The van der Waals surface area contributed by atoms with Gasteiger partial charge in [0.1, 0.15) is 5.69 Å². The van der Waals surface area contributed by atoms with Crippen LogP contribution in [0.4, 0.5) is 5.95 Å². The lowest BCUT2D eigenvalue weighted by Gasteiger charge is -2.06. The molecule has 2 aromatic heterocycles. The third-order valence-corrected chi connectivity index (χ3v) is 3.45. The first kappa shape index (κ1) is 16.0. The van der Waals surface area contributed by atoms with Crippen molar-refractivity contribution in [2.24, 2.45) is 0 Å². The van der Waals surface area contributed by atoms with Crippen LogP contribution < -0.4 is 5.32 Å². The first-order chi connectivity index (χ1) is 11.5. The van der Waals surface area contributed by atoms with Crippen molar-refractivity contribution < 1.29 is 4.79 Å². The molecule has 0 aliphatic rings. The van der Waals surface area contributed by atoms with E-state index in [1.807, 2.05) is 19.9 Å². The normalized spacial score (nSPS) is 10.5. The largest absolute Gasteiger partial charge is 0.289 e. The minimum absolute atomic E-state index is 0.234. The molecule has 0 fully saturated rings. The fraction of sp³-hybridized carbons (Fsp3) is 0.118. The summed E-state index contributed by atoms with van der Waals surface area (Å²) in [5.74, 6) is 0.308. The molecule has 1 N–H and O–H groups in total. The van der Waals surface area contributed by atoms with Gasteiger partial charge in [-0.15, -0.1) is 0 Å². The second kappa shape index (κ2) is 6.72. The van der Waals surface area contributed by atoms with Crippen molar-refractivity contribution in [3.63, 3.8) is 0 Å². The highest BCUT2D eigenvalue weighted by Gasteiger charge is 2.12. The number of nitrogens with one attached hydrogen (secondary N) is 1. The fourth-order valence-electron chi connectivity index (χ4n) is 2.17. The molecule has 0 unspecified atom stereocenters. The SMILES string of the molecule is Cc1cc(C)nc(NC(=O)c2ccnc(-c3ccc(Cl)cc3)n2)n1. The van der Waals surface area contributed by atoms with Crippen molar-refractivity contribution in [1.82, 2.24) is 19.9 Å². The molecule has 0 aliphatic heterocycles. The number of carbonyl (C=O) groups excluding carboxylic acids is 1. The van der Waals surface area contributed by atoms with E-state index in [0.29, 0.717) is 10.8 Å². The monoisotopic (exact) mass is 339 g/mol. The van der Waals surface area contributed by atoms with Gasteiger partial charge in [0.2, 0.25) is 5.95 Å². The quantitative estimate of drug-likeness (QED) is 0.790. The summed E-state index contributed by atoms with van der Waals surface area (Å²) in [6.07, 6.45) is 1.54. The lowest BCUT2D eigenvalue weighted by Crippen LogP contribution is -2.16. The third kappa shape index (κ3) is 3.72. The van der Waals surface area contributed by atoms with Crippen LogP contribution in [-0.2, 0) is 0 Å². The zero-order valence-electron chi connectivity index (χ0n) is 13.1. The molecule has 0 aliphatic carbocycles. The summed E-state index contributed by atoms with van der Waals surface area (Å²) in [6, 6.07) is 10.5. The van der Waals surface area contributed by atoms with E-state index in [1.54, 1.807) is 24.3 Å². The summed E-state index contributed by atoms with van der Waals surface area (Å²) in [6.45, 7) is 3.68. The molecule has 3 rings (SSSR count). The van der Waals surface area contributed by atoms with Crippen LogP contribution >= 0.6 is 11.6 Å². The van der Waals surface area contributed by atoms with E-state index in [4.69, 9.17) is 11.6 Å². The Morgan fingerprint density at radius 2 is 1.67 bits per heavy atom. The maximum Gasteiger partial charge on any atom is 0.276 e. The summed E-state index contributed by atoms with van der Waals surface area (Å²) >= 11 is 5.88. The Bertz CT molecular complexity index is 875. The number of hydrogen-bond acceptors (Lipinski definition) is 5. The molecule has 6 nitrogen and oxygen atoms in total. The van der Waals surface area contributed by atoms with Crippen molar-refractivity contribution >= 4 is 23.5 Å². The number of hydrogen-bond donors (Lipinski definition) is 1. The Hall–Kier alpha value is -2.86. The number of amides is 1. The molecule has 0 radical (unpaired) electrons. The Kier molecular flexibility index (Phi) is 4.48. The zero-order valence-corrected chi connectivity index (χ0v) is 13.9. The predicted molar refractivity (Wildman–Crippen MR) is 91.9 cm³/mol. The van der Waals surface area contributed by atoms with Crippen molar-refractivity contribution in [1.29, 1.82) is 0 Å². The van der Waals surface area contributed by atoms with Gasteiger partial charge in [-0.25, -0.2) is 19.9 Å². The van der Waals surface area contributed by atoms with Crippen LogP contribution in [0.1, 0.15) is 21.9 Å². The van der Waals surface area contributed by atoms with Gasteiger partial charge in [0.05, 0.1) is 0 Å². The molecule has 1 amide bonds. The van der Waals surface area contributed by atoms with E-state index in [0.717, 1.165) is 17.0 Å². The molecule has 0 atom stereocenters. The van der Waals surface area contributed by atoms with Crippen LogP contribution in [-0.4, -0.2) is 25.8 Å². The first-order valence-electron chi connectivity index (χ1n) is 7.24. The van der Waals surface area contributed by atoms with Gasteiger partial charge in [0.25, 0.3) is 5.91 Å². The molecule has 24 heavy (non-hydrogen) atoms. The molecular weight excluding hydrogens is 326 g/mol. The molecule has 7 heteroatoms. The summed E-state index contributed by atoms with van der Waals surface area (Å²) in [4.78, 5) is 29.2. The molecular formula is C17H14ClN5O. The highest BCUT2D eigenvalue weighted by molar-refractivity contribution is 6.30. The van der Waals surface area contributed by atoms with Crippen LogP contribution in [0, 0.1) is 13.8 Å². The number of nitrogens with zero attached hydrogens (tertiary/aromatic N) is 4. The van der Waals surface area contributed by atoms with Gasteiger partial charge >= 0.3 is 0 Å². The highest BCUT2D eigenvalue weighted by atomic mass is 35.5. The Morgan fingerprint density at radius 3 is 2.33 bits per heavy atom. The first-order valence-corrected chi connectivity index (χ1v) is 7.62. The Labute approximate surface area is 144 Å². The van der Waals surface area contributed by atoms with Gasteiger partial charge in [0.15, 0.2) is 5.82 Å². The fourth-order valence-corrected chi connectivity index (χ4v) is 2.30. The van der Waals surface area contributed by atoms with Gasteiger partial charge in [-0.3, -0.25) is 10.1 Å². The van der Waals surface area contributed by atoms with E-state index in [-0.39, 0.29) is 11.6 Å². The summed E-state index contributed by atoms with van der Waals surface area (Å²) < 4.78 is 0. The van der Waals surface area contributed by atoms with Gasteiger partial charge in [-0.1, -0.05) is 11.6 Å². The number of benzene rings is 1. The minimum Gasteiger partial charge on any atom is -0.289 e. The van der Waals surface area contributed by atoms with Crippen molar-refractivity contribution in [3.05, 3.63) is 64.7 Å². The molecule has 0 saturated heterocycles. The van der Waals surface area contributed by atoms with Crippen LogP contribution in [0.2, 0.25) is 5.02 Å². The molecule has 0 saturated carbocycles. The molecule has 3 aromatic rings. The standard InChI is InChI=1S/C17H14ClN5O/c1-10-9-11(2)21-17(20-10)23-16(24)14-7-8-19-15(22-14)12-3-5-13(18)6-4-12/h3-9H,1-2H3,(H,20,21,23,24). The van der Waals surface area contributed by atoms with Gasteiger partial charge < -0.3 is 0 Å². The number of anilines is 1. The molecule has 120 valence electrons. The number of aromatic nitrogens is 4. The number of aryl methyl sites for hydroxylation is 2. The number of halogens is 1. The lowest BCUT2D eigenvalue weighted by atomic mass is 10.2. The van der Waals surface area contributed by atoms with E-state index in [2.05, 4.69) is 25.3 Å². The molecule has 1 aromatic carbocycles. The van der Waals surface area contributed by atoms with E-state index in [1.165, 1.54) is 12.3 Å². The van der Waals surface area contributed by atoms with Crippen LogP contribution in [0.3, 0.4) is 0 Å². The van der Waals surface area contributed by atoms with Crippen LogP contribution in [0.5, 0.6) is 0 Å². The second-order valence-corrected chi connectivity index (χ2v) is 5.64. The smallest absolute Gasteiger partial charge is 0.276 e. The Balaban J connectivity index is 1.85. The van der Waals surface area contributed by atoms with E-state index < -0.39 is 5.91 Å². The number of rotatable bonds is 3. The topological polar surface area (TPSA) is 80.7 Å². The van der Waals surface area contributed by atoms with Gasteiger partial charge in [0, 0.05) is 28.2 Å². The van der Waals surface area contributed by atoms with Crippen LogP contribution in [0.15, 0.2) is 42.6 Å². The van der Waals surface area contributed by atoms with E-state index in [9.17, 15) is 4.79 Å². The minimum atomic E-state index is -0.391. The van der Waals surface area contributed by atoms with E-state index >= 15 is 0 Å². The van der Waals surface area contributed by atoms with Crippen molar-refractivity contribution in [2.45, 2.75) is 13.8 Å². The lowest BCUT2D eigenvalue weighted by molar-refractivity contribution is 0.102. The molecule has 0 bridgehead atoms. The highest BCUT2D eigenvalue weighted by Crippen LogP contribution is 2.18. The summed E-state index contributed by atoms with van der Waals surface area (Å²) in [5.41, 5.74) is 2.57. The average molecular weight is 340 g/mol. The maximum atomic E-state index is 12.4. The van der Waals surface area contributed by atoms with Gasteiger partial charge in [-0.05, 0) is 50.2 Å². The van der Waals surface area contributed by atoms with Crippen LogP contribution in [0.25, 0.3) is 11.4 Å². The Morgan fingerprint density at radius 1 is 1.00 bits per heavy atom. The van der Waals surface area contributed by atoms with Gasteiger partial charge in [-0.2, -0.15) is 0 Å². The maximum absolute atomic E-state index is 12.4. The predicted octanol–water partition coefficient (Wildman–Crippen LogP) is 3.46. The average Bonchev–Trinajstić information content (AvgIpc) is 2.54.